The van der Waals surface area contributed by atoms with E-state index in [4.69, 9.17) is 12.2 Å². The van der Waals surface area contributed by atoms with Crippen molar-refractivity contribution in [2.24, 2.45) is 0 Å². The third-order valence-corrected chi connectivity index (χ3v) is 6.21. The van der Waals surface area contributed by atoms with Gasteiger partial charge in [-0.2, -0.15) is 0 Å². The van der Waals surface area contributed by atoms with E-state index >= 15 is 0 Å². The Kier molecular flexibility index (Phi) is 4.71. The summed E-state index contributed by atoms with van der Waals surface area (Å²) in [5.74, 6) is 0.567. The molecule has 3 heterocycles. The van der Waals surface area contributed by atoms with Crippen LogP contribution in [0, 0.1) is 10.9 Å². The van der Waals surface area contributed by atoms with Crippen LogP contribution in [0.5, 0.6) is 0 Å². The first kappa shape index (κ1) is 17.1. The molecule has 0 saturated carbocycles. The van der Waals surface area contributed by atoms with Gasteiger partial charge in [-0.15, -0.1) is 5.10 Å². The molecule has 0 radical (unpaired) electrons. The van der Waals surface area contributed by atoms with Crippen LogP contribution in [-0.4, -0.2) is 19.2 Å². The maximum atomic E-state index is 12.3. The zero-order valence-corrected chi connectivity index (χ0v) is 16.3. The normalized spacial score (nSPS) is 11.1. The zero-order valence-electron chi connectivity index (χ0n) is 13.8. The van der Waals surface area contributed by atoms with Gasteiger partial charge in [0.15, 0.2) is 8.29 Å². The number of benzene rings is 1. The molecule has 4 aromatic rings. The fraction of sp³-hybridized carbons (Fsp3) is 0.111. The number of fused-ring (bicyclic) bond motifs is 1. The van der Waals surface area contributed by atoms with Crippen LogP contribution in [0.2, 0.25) is 0 Å². The highest BCUT2D eigenvalue weighted by Crippen LogP contribution is 2.26. The summed E-state index contributed by atoms with van der Waals surface area (Å²) in [7, 11) is 0. The number of pyridine rings is 1. The molecular formula is C18H14N4OS3. The molecule has 26 heavy (non-hydrogen) atoms. The fourth-order valence-corrected chi connectivity index (χ4v) is 4.82. The van der Waals surface area contributed by atoms with Crippen LogP contribution in [0.1, 0.15) is 11.3 Å². The van der Waals surface area contributed by atoms with Crippen LogP contribution >= 0.6 is 35.3 Å². The van der Waals surface area contributed by atoms with Crippen LogP contribution in [-0.2, 0) is 5.75 Å². The standard InChI is InChI=1S/C18H14N4OS3/c1-12-6-5-9-21-15(23)10-13(19-16(12)21)11-25-17-20-22(18(24)26-17)14-7-3-2-4-8-14/h2-10H,11H2,1H3. The average Bonchev–Trinajstić information content (AvgIpc) is 3.02. The highest BCUT2D eigenvalue weighted by Gasteiger charge is 2.09. The van der Waals surface area contributed by atoms with E-state index in [0.29, 0.717) is 15.4 Å². The van der Waals surface area contributed by atoms with Gasteiger partial charge in [0.25, 0.3) is 5.56 Å². The summed E-state index contributed by atoms with van der Waals surface area (Å²) in [6, 6.07) is 15.2. The van der Waals surface area contributed by atoms with Gasteiger partial charge in [-0.05, 0) is 42.9 Å². The van der Waals surface area contributed by atoms with Crippen molar-refractivity contribution in [3.05, 3.63) is 80.3 Å². The van der Waals surface area contributed by atoms with Crippen LogP contribution in [0.4, 0.5) is 0 Å². The van der Waals surface area contributed by atoms with Crippen molar-refractivity contribution in [2.45, 2.75) is 17.0 Å². The van der Waals surface area contributed by atoms with Gasteiger partial charge in [0.1, 0.15) is 5.65 Å². The molecule has 0 aliphatic carbocycles. The van der Waals surface area contributed by atoms with Gasteiger partial charge >= 0.3 is 0 Å². The second-order valence-electron chi connectivity index (χ2n) is 5.64. The van der Waals surface area contributed by atoms with Crippen LogP contribution < -0.4 is 5.56 Å². The lowest BCUT2D eigenvalue weighted by Crippen LogP contribution is -2.15. The van der Waals surface area contributed by atoms with Gasteiger partial charge in [-0.25, -0.2) is 9.67 Å². The molecule has 3 aromatic heterocycles. The second kappa shape index (κ2) is 7.14. The minimum atomic E-state index is -0.0725. The summed E-state index contributed by atoms with van der Waals surface area (Å²) < 4.78 is 4.87. The van der Waals surface area contributed by atoms with Crippen molar-refractivity contribution in [1.29, 1.82) is 0 Å². The molecule has 0 aliphatic rings. The molecule has 0 N–H and O–H groups in total. The molecule has 0 fully saturated rings. The summed E-state index contributed by atoms with van der Waals surface area (Å²) in [5.41, 5.74) is 3.27. The van der Waals surface area contributed by atoms with Crippen molar-refractivity contribution in [3.63, 3.8) is 0 Å². The average molecular weight is 399 g/mol. The minimum Gasteiger partial charge on any atom is -0.269 e. The number of para-hydroxylation sites is 1. The van der Waals surface area contributed by atoms with Gasteiger partial charge in [0, 0.05) is 18.0 Å². The first-order chi connectivity index (χ1) is 12.6. The summed E-state index contributed by atoms with van der Waals surface area (Å²) in [6.07, 6.45) is 1.74. The van der Waals surface area contributed by atoms with E-state index in [1.165, 1.54) is 23.1 Å². The lowest BCUT2D eigenvalue weighted by atomic mass is 10.3. The van der Waals surface area contributed by atoms with Gasteiger partial charge in [0.05, 0.1) is 11.4 Å². The zero-order chi connectivity index (χ0) is 18.1. The summed E-state index contributed by atoms with van der Waals surface area (Å²) in [5, 5.41) is 4.58. The van der Waals surface area contributed by atoms with Crippen molar-refractivity contribution in [2.75, 3.05) is 0 Å². The summed E-state index contributed by atoms with van der Waals surface area (Å²) in [6.45, 7) is 1.95. The second-order valence-corrected chi connectivity index (χ2v) is 8.49. The molecule has 0 bridgehead atoms. The van der Waals surface area contributed by atoms with E-state index in [0.717, 1.165) is 21.3 Å². The molecule has 0 atom stereocenters. The molecular weight excluding hydrogens is 384 g/mol. The van der Waals surface area contributed by atoms with E-state index in [1.807, 2.05) is 49.4 Å². The van der Waals surface area contributed by atoms with Crippen LogP contribution in [0.15, 0.2) is 63.9 Å². The Bertz CT molecular complexity index is 1190. The predicted octanol–water partition coefficient (Wildman–Crippen LogP) is 4.27. The summed E-state index contributed by atoms with van der Waals surface area (Å²) >= 11 is 8.42. The van der Waals surface area contributed by atoms with Crippen LogP contribution in [0.25, 0.3) is 11.3 Å². The molecule has 4 rings (SSSR count). The third kappa shape index (κ3) is 3.35. The van der Waals surface area contributed by atoms with Crippen molar-refractivity contribution in [1.82, 2.24) is 19.2 Å². The quantitative estimate of drug-likeness (QED) is 0.379. The molecule has 8 heteroatoms. The van der Waals surface area contributed by atoms with E-state index in [9.17, 15) is 4.79 Å². The van der Waals surface area contributed by atoms with Crippen LogP contribution in [0.3, 0.4) is 0 Å². The minimum absolute atomic E-state index is 0.0725. The molecule has 1 aromatic carbocycles. The molecule has 0 spiro atoms. The first-order valence-electron chi connectivity index (χ1n) is 7.88. The molecule has 0 unspecified atom stereocenters. The lowest BCUT2D eigenvalue weighted by Gasteiger charge is -2.05. The Morgan fingerprint density at radius 2 is 2.00 bits per heavy atom. The van der Waals surface area contributed by atoms with Crippen molar-refractivity contribution < 1.29 is 0 Å². The summed E-state index contributed by atoms with van der Waals surface area (Å²) in [4.78, 5) is 16.9. The highest BCUT2D eigenvalue weighted by molar-refractivity contribution is 8.00. The van der Waals surface area contributed by atoms with Gasteiger partial charge in [-0.1, -0.05) is 47.4 Å². The number of nitrogens with zero attached hydrogens (tertiary/aromatic N) is 4. The maximum Gasteiger partial charge on any atom is 0.258 e. The number of aryl methyl sites for hydroxylation is 1. The molecule has 0 aliphatic heterocycles. The van der Waals surface area contributed by atoms with Gasteiger partial charge in [-0.3, -0.25) is 9.20 Å². The predicted molar refractivity (Wildman–Crippen MR) is 108 cm³/mol. The smallest absolute Gasteiger partial charge is 0.258 e. The Morgan fingerprint density at radius 1 is 1.19 bits per heavy atom. The fourth-order valence-electron chi connectivity index (χ4n) is 2.57. The maximum absolute atomic E-state index is 12.3. The molecule has 0 amide bonds. The number of thioether (sulfide) groups is 1. The Hall–Kier alpha value is -2.29. The van der Waals surface area contributed by atoms with Crippen molar-refractivity contribution in [3.8, 4) is 5.69 Å². The Balaban J connectivity index is 1.60. The van der Waals surface area contributed by atoms with Crippen molar-refractivity contribution >= 4 is 41.0 Å². The van der Waals surface area contributed by atoms with E-state index in [-0.39, 0.29) is 5.56 Å². The number of aromatic nitrogens is 4. The highest BCUT2D eigenvalue weighted by atomic mass is 32.2. The SMILES string of the molecule is Cc1cccn2c(=O)cc(CSc3nn(-c4ccccc4)c(=S)s3)nc12. The Morgan fingerprint density at radius 3 is 2.81 bits per heavy atom. The van der Waals surface area contributed by atoms with E-state index in [1.54, 1.807) is 21.3 Å². The molecule has 5 nitrogen and oxygen atoms in total. The third-order valence-electron chi connectivity index (χ3n) is 3.81. The topological polar surface area (TPSA) is 52.2 Å². The lowest BCUT2D eigenvalue weighted by molar-refractivity contribution is 0.829. The number of hydrogen-bond donors (Lipinski definition) is 0. The molecule has 0 saturated heterocycles. The van der Waals surface area contributed by atoms with Gasteiger partial charge in [0.2, 0.25) is 0 Å². The number of rotatable bonds is 4. The largest absolute Gasteiger partial charge is 0.269 e. The van der Waals surface area contributed by atoms with E-state index in [2.05, 4.69) is 10.1 Å². The molecule has 130 valence electrons. The number of hydrogen-bond acceptors (Lipinski definition) is 6. The van der Waals surface area contributed by atoms with Gasteiger partial charge < -0.3 is 0 Å². The Labute approximate surface area is 163 Å². The first-order valence-corrected chi connectivity index (χ1v) is 10.1. The van der Waals surface area contributed by atoms with E-state index < -0.39 is 0 Å². The monoisotopic (exact) mass is 398 g/mol.